The number of carboxylic acids is 1. The molecule has 0 saturated carbocycles. The number of nitrogens with one attached hydrogen (secondary N) is 2. The molecule has 0 unspecified atom stereocenters. The van der Waals surface area contributed by atoms with Crippen LogP contribution in [0.5, 0.6) is 0 Å². The highest BCUT2D eigenvalue weighted by Crippen LogP contribution is 2.05. The summed E-state index contributed by atoms with van der Waals surface area (Å²) in [6, 6.07) is 8.41. The van der Waals surface area contributed by atoms with Gasteiger partial charge in [-0.15, -0.1) is 0 Å². The number of amides is 2. The molecule has 2 amide bonds. The zero-order chi connectivity index (χ0) is 15.1. The highest BCUT2D eigenvalue weighted by Gasteiger charge is 2.03. The summed E-state index contributed by atoms with van der Waals surface area (Å²) in [5.74, 6) is -0.938. The summed E-state index contributed by atoms with van der Waals surface area (Å²) >= 11 is 1.60. The lowest BCUT2D eigenvalue weighted by Gasteiger charge is -2.07. The zero-order valence-corrected chi connectivity index (χ0v) is 12.2. The second-order valence-corrected chi connectivity index (χ2v) is 5.27. The summed E-state index contributed by atoms with van der Waals surface area (Å²) in [5, 5.41) is 18.3. The Morgan fingerprint density at radius 1 is 1.05 bits per heavy atom. The molecule has 0 spiro atoms. The van der Waals surface area contributed by atoms with Gasteiger partial charge in [-0.2, -0.15) is 11.3 Å². The van der Waals surface area contributed by atoms with Crippen molar-refractivity contribution in [1.82, 2.24) is 10.6 Å². The van der Waals surface area contributed by atoms with Crippen LogP contribution in [-0.2, 0) is 13.0 Å². The quantitative estimate of drug-likeness (QED) is 0.767. The van der Waals surface area contributed by atoms with Crippen molar-refractivity contribution in [2.24, 2.45) is 0 Å². The predicted molar refractivity (Wildman–Crippen MR) is 81.7 cm³/mol. The number of aromatic carboxylic acids is 1. The van der Waals surface area contributed by atoms with Crippen molar-refractivity contribution in [2.75, 3.05) is 6.54 Å². The standard InChI is InChI=1S/C15H16N2O3S/c18-14(19)13-3-1-11(2-4-13)5-7-16-15(20)17-9-12-6-8-21-10-12/h1-4,6,8,10H,5,7,9H2,(H,18,19)(H2,16,17,20). The van der Waals surface area contributed by atoms with Crippen LogP contribution in [0.1, 0.15) is 21.5 Å². The largest absolute Gasteiger partial charge is 0.478 e. The molecule has 0 atom stereocenters. The average Bonchev–Trinajstić information content (AvgIpc) is 2.99. The fraction of sp³-hybridized carbons (Fsp3) is 0.200. The molecule has 110 valence electrons. The molecule has 21 heavy (non-hydrogen) atoms. The maximum Gasteiger partial charge on any atom is 0.335 e. The van der Waals surface area contributed by atoms with Gasteiger partial charge in [-0.1, -0.05) is 12.1 Å². The van der Waals surface area contributed by atoms with Gasteiger partial charge in [0.2, 0.25) is 0 Å². The first-order chi connectivity index (χ1) is 10.1. The van der Waals surface area contributed by atoms with Crippen LogP contribution in [0.15, 0.2) is 41.1 Å². The van der Waals surface area contributed by atoms with E-state index in [0.29, 0.717) is 19.5 Å². The van der Waals surface area contributed by atoms with E-state index >= 15 is 0 Å². The number of hydrogen-bond acceptors (Lipinski definition) is 3. The van der Waals surface area contributed by atoms with E-state index < -0.39 is 5.97 Å². The van der Waals surface area contributed by atoms with Crippen molar-refractivity contribution < 1.29 is 14.7 Å². The minimum absolute atomic E-state index is 0.205. The maximum absolute atomic E-state index is 11.6. The van der Waals surface area contributed by atoms with Gasteiger partial charge >= 0.3 is 12.0 Å². The Labute approximate surface area is 126 Å². The van der Waals surface area contributed by atoms with Crippen LogP contribution in [0.4, 0.5) is 4.79 Å². The van der Waals surface area contributed by atoms with E-state index in [9.17, 15) is 9.59 Å². The van der Waals surface area contributed by atoms with Crippen LogP contribution in [0.3, 0.4) is 0 Å². The van der Waals surface area contributed by atoms with E-state index in [-0.39, 0.29) is 11.6 Å². The van der Waals surface area contributed by atoms with Gasteiger partial charge in [0.05, 0.1) is 5.56 Å². The van der Waals surface area contributed by atoms with Gasteiger partial charge in [-0.25, -0.2) is 9.59 Å². The summed E-state index contributed by atoms with van der Waals surface area (Å²) < 4.78 is 0. The van der Waals surface area contributed by atoms with Gasteiger partial charge in [-0.3, -0.25) is 0 Å². The number of carbonyl (C=O) groups is 2. The van der Waals surface area contributed by atoms with E-state index in [1.54, 1.807) is 35.6 Å². The van der Waals surface area contributed by atoms with Gasteiger partial charge in [0.15, 0.2) is 0 Å². The number of hydrogen-bond donors (Lipinski definition) is 3. The number of carbonyl (C=O) groups excluding carboxylic acids is 1. The first-order valence-electron chi connectivity index (χ1n) is 6.50. The fourth-order valence-electron chi connectivity index (χ4n) is 1.77. The molecule has 6 heteroatoms. The molecule has 0 radical (unpaired) electrons. The minimum atomic E-state index is -0.938. The molecule has 5 nitrogen and oxygen atoms in total. The summed E-state index contributed by atoms with van der Waals surface area (Å²) in [6.07, 6.45) is 0.659. The van der Waals surface area contributed by atoms with Gasteiger partial charge in [0, 0.05) is 13.1 Å². The van der Waals surface area contributed by atoms with Crippen LogP contribution < -0.4 is 10.6 Å². The third-order valence-electron chi connectivity index (χ3n) is 2.93. The Balaban J connectivity index is 1.68. The molecule has 1 aromatic heterocycles. The van der Waals surface area contributed by atoms with Gasteiger partial charge in [-0.05, 0) is 46.5 Å². The fourth-order valence-corrected chi connectivity index (χ4v) is 2.44. The lowest BCUT2D eigenvalue weighted by molar-refractivity contribution is 0.0697. The Morgan fingerprint density at radius 2 is 1.81 bits per heavy atom. The van der Waals surface area contributed by atoms with Crippen LogP contribution in [0.25, 0.3) is 0 Å². The normalized spacial score (nSPS) is 10.1. The van der Waals surface area contributed by atoms with E-state index in [0.717, 1.165) is 11.1 Å². The van der Waals surface area contributed by atoms with E-state index in [4.69, 9.17) is 5.11 Å². The Hall–Kier alpha value is -2.34. The molecule has 0 bridgehead atoms. The number of benzene rings is 1. The van der Waals surface area contributed by atoms with E-state index in [1.807, 2.05) is 16.8 Å². The van der Waals surface area contributed by atoms with Crippen molar-refractivity contribution in [3.05, 3.63) is 57.8 Å². The molecule has 0 aliphatic carbocycles. The van der Waals surface area contributed by atoms with Crippen LogP contribution >= 0.6 is 11.3 Å². The van der Waals surface area contributed by atoms with Crippen molar-refractivity contribution in [3.63, 3.8) is 0 Å². The number of thiophene rings is 1. The molecule has 2 rings (SSSR count). The third-order valence-corrected chi connectivity index (χ3v) is 3.67. The molecule has 0 fully saturated rings. The topological polar surface area (TPSA) is 78.4 Å². The van der Waals surface area contributed by atoms with Crippen LogP contribution in [0, 0.1) is 0 Å². The van der Waals surface area contributed by atoms with Gasteiger partial charge in [0.25, 0.3) is 0 Å². The lowest BCUT2D eigenvalue weighted by atomic mass is 10.1. The predicted octanol–water partition coefficient (Wildman–Crippen LogP) is 2.49. The summed E-state index contributed by atoms with van der Waals surface area (Å²) in [6.45, 7) is 1.02. The molecule has 0 aliphatic rings. The van der Waals surface area contributed by atoms with Crippen LogP contribution in [0.2, 0.25) is 0 Å². The van der Waals surface area contributed by atoms with Gasteiger partial charge < -0.3 is 15.7 Å². The number of rotatable bonds is 6. The van der Waals surface area contributed by atoms with E-state index in [1.165, 1.54) is 0 Å². The molecular weight excluding hydrogens is 288 g/mol. The molecule has 1 heterocycles. The smallest absolute Gasteiger partial charge is 0.335 e. The molecule has 1 aromatic carbocycles. The Kier molecular flexibility index (Phi) is 5.34. The van der Waals surface area contributed by atoms with E-state index in [2.05, 4.69) is 10.6 Å². The van der Waals surface area contributed by atoms with Gasteiger partial charge in [0.1, 0.15) is 0 Å². The van der Waals surface area contributed by atoms with Crippen molar-refractivity contribution in [3.8, 4) is 0 Å². The third kappa shape index (κ3) is 4.92. The Bertz CT molecular complexity index is 594. The molecule has 2 aromatic rings. The molecular formula is C15H16N2O3S. The molecule has 3 N–H and O–H groups in total. The number of carboxylic acid groups (broad SMARTS) is 1. The second-order valence-electron chi connectivity index (χ2n) is 4.49. The summed E-state index contributed by atoms with van der Waals surface area (Å²) in [4.78, 5) is 22.3. The highest BCUT2D eigenvalue weighted by atomic mass is 32.1. The SMILES string of the molecule is O=C(NCCc1ccc(C(=O)O)cc1)NCc1ccsc1. The first-order valence-corrected chi connectivity index (χ1v) is 7.44. The lowest BCUT2D eigenvalue weighted by Crippen LogP contribution is -2.36. The summed E-state index contributed by atoms with van der Waals surface area (Å²) in [7, 11) is 0. The van der Waals surface area contributed by atoms with Crippen LogP contribution in [-0.4, -0.2) is 23.7 Å². The molecule has 0 saturated heterocycles. The average molecular weight is 304 g/mol. The first kappa shape index (κ1) is 15.1. The van der Waals surface area contributed by atoms with Crippen molar-refractivity contribution in [1.29, 1.82) is 0 Å². The second kappa shape index (κ2) is 7.44. The minimum Gasteiger partial charge on any atom is -0.478 e. The summed E-state index contributed by atoms with van der Waals surface area (Å²) in [5.41, 5.74) is 2.33. The Morgan fingerprint density at radius 3 is 2.43 bits per heavy atom. The van der Waals surface area contributed by atoms with Crippen molar-refractivity contribution in [2.45, 2.75) is 13.0 Å². The van der Waals surface area contributed by atoms with Crippen molar-refractivity contribution >= 4 is 23.3 Å². The zero-order valence-electron chi connectivity index (χ0n) is 11.3. The maximum atomic E-state index is 11.6. The monoisotopic (exact) mass is 304 g/mol. The molecule has 0 aliphatic heterocycles. The highest BCUT2D eigenvalue weighted by molar-refractivity contribution is 7.07. The number of urea groups is 1.